The van der Waals surface area contributed by atoms with Gasteiger partial charge in [0.25, 0.3) is 16.8 Å². The molecule has 8 nitrogen and oxygen atoms in total. The third-order valence-corrected chi connectivity index (χ3v) is 3.07. The molecular weight excluding hydrogens is 288 g/mol. The predicted octanol–water partition coefficient (Wildman–Crippen LogP) is 0.0278. The summed E-state index contributed by atoms with van der Waals surface area (Å²) in [6.45, 7) is 2.37. The SMILES string of the molecule is CCNNc1c(Nc2cccc(C(=O)NC)c2O)c(=O)c1=O. The van der Waals surface area contributed by atoms with E-state index in [-0.39, 0.29) is 28.4 Å². The lowest BCUT2D eigenvalue weighted by Gasteiger charge is -2.16. The number of hydrogen-bond acceptors (Lipinski definition) is 7. The molecule has 0 aliphatic carbocycles. The van der Waals surface area contributed by atoms with Gasteiger partial charge >= 0.3 is 0 Å². The van der Waals surface area contributed by atoms with E-state index in [1.165, 1.54) is 19.2 Å². The minimum absolute atomic E-state index is 0.0373. The molecule has 1 amide bonds. The number of para-hydroxylation sites is 1. The third kappa shape index (κ3) is 2.63. The maximum Gasteiger partial charge on any atom is 0.254 e. The van der Waals surface area contributed by atoms with Crippen LogP contribution in [0.2, 0.25) is 0 Å². The predicted molar refractivity (Wildman–Crippen MR) is 83.4 cm³/mol. The van der Waals surface area contributed by atoms with E-state index in [2.05, 4.69) is 21.5 Å². The van der Waals surface area contributed by atoms with Gasteiger partial charge in [-0.2, -0.15) is 0 Å². The fraction of sp³-hybridized carbons (Fsp3) is 0.214. The van der Waals surface area contributed by atoms with Crippen LogP contribution in [0.25, 0.3) is 0 Å². The Hall–Kier alpha value is -2.87. The number of nitrogens with one attached hydrogen (secondary N) is 4. The Bertz CT molecular complexity index is 778. The van der Waals surface area contributed by atoms with Gasteiger partial charge in [0.05, 0.1) is 11.3 Å². The molecule has 0 aromatic heterocycles. The van der Waals surface area contributed by atoms with E-state index in [1.54, 1.807) is 6.07 Å². The smallest absolute Gasteiger partial charge is 0.254 e. The zero-order valence-electron chi connectivity index (χ0n) is 12.1. The zero-order chi connectivity index (χ0) is 16.3. The second-order valence-corrected chi connectivity index (χ2v) is 4.47. The van der Waals surface area contributed by atoms with Gasteiger partial charge in [0, 0.05) is 13.6 Å². The van der Waals surface area contributed by atoms with Crippen molar-refractivity contribution < 1.29 is 9.90 Å². The van der Waals surface area contributed by atoms with Crippen molar-refractivity contribution in [3.8, 4) is 5.75 Å². The molecule has 0 unspecified atom stereocenters. The molecule has 2 aromatic rings. The van der Waals surface area contributed by atoms with Gasteiger partial charge in [-0.15, -0.1) is 0 Å². The van der Waals surface area contributed by atoms with Crippen LogP contribution in [0.3, 0.4) is 0 Å². The van der Waals surface area contributed by atoms with E-state index in [0.29, 0.717) is 6.54 Å². The van der Waals surface area contributed by atoms with E-state index in [4.69, 9.17) is 0 Å². The van der Waals surface area contributed by atoms with Crippen LogP contribution in [-0.2, 0) is 0 Å². The number of anilines is 3. The Morgan fingerprint density at radius 3 is 2.50 bits per heavy atom. The van der Waals surface area contributed by atoms with Crippen LogP contribution in [0.4, 0.5) is 17.1 Å². The number of phenolic OH excluding ortho intramolecular Hbond substituents is 1. The van der Waals surface area contributed by atoms with E-state index >= 15 is 0 Å². The van der Waals surface area contributed by atoms with Crippen molar-refractivity contribution in [1.29, 1.82) is 0 Å². The maximum absolute atomic E-state index is 11.6. The largest absolute Gasteiger partial charge is 0.505 e. The van der Waals surface area contributed by atoms with Gasteiger partial charge in [0.2, 0.25) is 0 Å². The molecule has 0 aliphatic heterocycles. The van der Waals surface area contributed by atoms with Gasteiger partial charge in [-0.05, 0) is 12.1 Å². The Labute approximate surface area is 125 Å². The molecule has 0 heterocycles. The Balaban J connectivity index is 2.33. The minimum atomic E-state index is -0.690. The van der Waals surface area contributed by atoms with Crippen molar-refractivity contribution in [1.82, 2.24) is 10.7 Å². The average molecular weight is 304 g/mol. The number of amides is 1. The molecule has 0 spiro atoms. The summed E-state index contributed by atoms with van der Waals surface area (Å²) in [6, 6.07) is 4.49. The number of benzene rings is 1. The first kappa shape index (κ1) is 15.5. The highest BCUT2D eigenvalue weighted by molar-refractivity contribution is 5.99. The number of rotatable bonds is 6. The summed E-state index contributed by atoms with van der Waals surface area (Å²) in [5.41, 5.74) is 4.36. The number of phenols is 1. The van der Waals surface area contributed by atoms with Crippen LogP contribution >= 0.6 is 0 Å². The molecule has 0 saturated carbocycles. The molecule has 0 aliphatic rings. The van der Waals surface area contributed by atoms with Gasteiger partial charge in [-0.1, -0.05) is 13.0 Å². The highest BCUT2D eigenvalue weighted by Gasteiger charge is 2.22. The number of carbonyl (C=O) groups is 1. The fourth-order valence-corrected chi connectivity index (χ4v) is 1.90. The van der Waals surface area contributed by atoms with Crippen LogP contribution in [0.5, 0.6) is 5.75 Å². The van der Waals surface area contributed by atoms with Crippen molar-refractivity contribution >= 4 is 23.0 Å². The first-order valence-corrected chi connectivity index (χ1v) is 6.64. The van der Waals surface area contributed by atoms with Crippen LogP contribution in [0, 0.1) is 0 Å². The number of carbonyl (C=O) groups excluding carboxylic acids is 1. The van der Waals surface area contributed by atoms with E-state index in [9.17, 15) is 19.5 Å². The van der Waals surface area contributed by atoms with Crippen molar-refractivity contribution in [2.45, 2.75) is 6.92 Å². The molecule has 0 saturated heterocycles. The normalized spacial score (nSPS) is 10.5. The molecule has 22 heavy (non-hydrogen) atoms. The number of hydrazine groups is 1. The van der Waals surface area contributed by atoms with Crippen molar-refractivity contribution in [3.05, 3.63) is 44.2 Å². The molecule has 0 radical (unpaired) electrons. The second-order valence-electron chi connectivity index (χ2n) is 4.47. The Morgan fingerprint density at radius 2 is 1.86 bits per heavy atom. The summed E-state index contributed by atoms with van der Waals surface area (Å²) in [6.07, 6.45) is 0. The fourth-order valence-electron chi connectivity index (χ4n) is 1.90. The molecule has 0 atom stereocenters. The summed E-state index contributed by atoms with van der Waals surface area (Å²) in [5, 5.41) is 15.2. The maximum atomic E-state index is 11.6. The van der Waals surface area contributed by atoms with Gasteiger partial charge in [0.1, 0.15) is 11.4 Å². The van der Waals surface area contributed by atoms with E-state index in [1.807, 2.05) is 6.92 Å². The number of hydrogen-bond donors (Lipinski definition) is 5. The molecule has 8 heteroatoms. The lowest BCUT2D eigenvalue weighted by Crippen LogP contribution is -2.39. The highest BCUT2D eigenvalue weighted by Crippen LogP contribution is 2.31. The van der Waals surface area contributed by atoms with Gasteiger partial charge in [0.15, 0.2) is 5.75 Å². The second kappa shape index (κ2) is 6.27. The van der Waals surface area contributed by atoms with Gasteiger partial charge < -0.3 is 21.2 Å². The van der Waals surface area contributed by atoms with E-state index < -0.39 is 16.8 Å². The van der Waals surface area contributed by atoms with Crippen LogP contribution in [0.15, 0.2) is 27.8 Å². The molecule has 2 aromatic carbocycles. The lowest BCUT2D eigenvalue weighted by atomic mass is 10.1. The standard InChI is InChI=1S/C14H16N4O4/c1-3-16-18-10-9(12(20)13(10)21)17-8-6-4-5-7(11(8)19)14(22)15-2/h4-6,16-19H,3H2,1-2H3,(H,15,22). The first-order chi connectivity index (χ1) is 10.5. The summed E-state index contributed by atoms with van der Waals surface area (Å²) < 4.78 is 0. The molecule has 2 rings (SSSR count). The summed E-state index contributed by atoms with van der Waals surface area (Å²) in [5.74, 6) is -0.763. The molecule has 5 N–H and O–H groups in total. The quantitative estimate of drug-likeness (QED) is 0.290. The first-order valence-electron chi connectivity index (χ1n) is 6.64. The summed E-state index contributed by atoms with van der Waals surface area (Å²) in [7, 11) is 1.44. The van der Waals surface area contributed by atoms with Crippen molar-refractivity contribution in [2.24, 2.45) is 0 Å². The van der Waals surface area contributed by atoms with Gasteiger partial charge in [-0.25, -0.2) is 5.43 Å². The molecule has 0 fully saturated rings. The van der Waals surface area contributed by atoms with Crippen molar-refractivity contribution in [3.63, 3.8) is 0 Å². The minimum Gasteiger partial charge on any atom is -0.505 e. The topological polar surface area (TPSA) is 120 Å². The molecule has 0 bridgehead atoms. The Kier molecular flexibility index (Phi) is 4.42. The highest BCUT2D eigenvalue weighted by atomic mass is 16.3. The summed E-state index contributed by atoms with van der Waals surface area (Å²) >= 11 is 0. The van der Waals surface area contributed by atoms with E-state index in [0.717, 1.165) is 0 Å². The van der Waals surface area contributed by atoms with Crippen LogP contribution in [-0.4, -0.2) is 24.6 Å². The lowest BCUT2D eigenvalue weighted by molar-refractivity contribution is 0.0960. The summed E-state index contributed by atoms with van der Waals surface area (Å²) in [4.78, 5) is 34.7. The molecular formula is C14H16N4O4. The average Bonchev–Trinajstić information content (AvgIpc) is 2.54. The Morgan fingerprint density at radius 1 is 1.18 bits per heavy atom. The molecule has 116 valence electrons. The zero-order valence-corrected chi connectivity index (χ0v) is 12.1. The van der Waals surface area contributed by atoms with Crippen LogP contribution in [0.1, 0.15) is 17.3 Å². The van der Waals surface area contributed by atoms with Gasteiger partial charge in [-0.3, -0.25) is 14.4 Å². The third-order valence-electron chi connectivity index (χ3n) is 3.07. The van der Waals surface area contributed by atoms with Crippen LogP contribution < -0.4 is 32.3 Å². The van der Waals surface area contributed by atoms with Crippen molar-refractivity contribution in [2.75, 3.05) is 24.3 Å². The monoisotopic (exact) mass is 304 g/mol. The number of aromatic hydroxyl groups is 1.